The molecule has 3 aromatic rings. The van der Waals surface area contributed by atoms with E-state index in [1.807, 2.05) is 25.1 Å². The number of carbonyl (C=O) groups excluding carboxylic acids is 1. The molecule has 0 spiro atoms. The number of cyclic esters (lactones) is 1. The average molecular weight is 473 g/mol. The Balaban J connectivity index is 1.41. The lowest BCUT2D eigenvalue weighted by Crippen LogP contribution is -2.50. The quantitative estimate of drug-likeness (QED) is 0.553. The second-order valence-corrected chi connectivity index (χ2v) is 10.3. The first-order chi connectivity index (χ1) is 15.8. The van der Waals surface area contributed by atoms with E-state index in [4.69, 9.17) is 4.74 Å². The molecule has 2 heterocycles. The van der Waals surface area contributed by atoms with Crippen molar-refractivity contribution in [2.75, 3.05) is 18.0 Å². The van der Waals surface area contributed by atoms with Gasteiger partial charge in [0.1, 0.15) is 6.61 Å². The van der Waals surface area contributed by atoms with Crippen molar-refractivity contribution in [3.8, 4) is 0 Å². The van der Waals surface area contributed by atoms with Crippen molar-refractivity contribution < 1.29 is 26.7 Å². The molecule has 0 saturated carbocycles. The Kier molecular flexibility index (Phi) is 5.33. The molecule has 6 nitrogen and oxygen atoms in total. The number of carbonyl (C=O) groups is 1. The van der Waals surface area contributed by atoms with Crippen LogP contribution in [0.3, 0.4) is 0 Å². The monoisotopic (exact) mass is 472 g/mol. The van der Waals surface area contributed by atoms with Crippen LogP contribution >= 0.6 is 0 Å². The Bertz CT molecular complexity index is 1370. The minimum Gasteiger partial charge on any atom is -0.444 e. The van der Waals surface area contributed by atoms with Gasteiger partial charge in [-0.2, -0.15) is 4.31 Å². The van der Waals surface area contributed by atoms with Crippen molar-refractivity contribution in [1.29, 1.82) is 0 Å². The van der Waals surface area contributed by atoms with Gasteiger partial charge in [0, 0.05) is 36.1 Å². The Morgan fingerprint density at radius 1 is 0.970 bits per heavy atom. The number of anilines is 1. The number of benzene rings is 3. The first-order valence-electron chi connectivity index (χ1n) is 10.7. The van der Waals surface area contributed by atoms with E-state index in [1.54, 1.807) is 18.2 Å². The average Bonchev–Trinajstić information content (AvgIpc) is 2.80. The number of fused-ring (bicyclic) bond motifs is 2. The summed E-state index contributed by atoms with van der Waals surface area (Å²) in [5.74, 6) is -2.04. The van der Waals surface area contributed by atoms with Crippen molar-refractivity contribution in [2.45, 2.75) is 37.3 Å². The number of aryl methyl sites for hydroxylation is 1. The maximum absolute atomic E-state index is 13.9. The maximum atomic E-state index is 13.9. The molecule has 33 heavy (non-hydrogen) atoms. The Morgan fingerprint density at radius 3 is 2.36 bits per heavy atom. The fourth-order valence-corrected chi connectivity index (χ4v) is 6.36. The Morgan fingerprint density at radius 2 is 1.64 bits per heavy atom. The van der Waals surface area contributed by atoms with Gasteiger partial charge in [-0.25, -0.2) is 22.0 Å². The third-order valence-corrected chi connectivity index (χ3v) is 8.39. The topological polar surface area (TPSA) is 66.9 Å². The molecule has 2 aliphatic rings. The summed E-state index contributed by atoms with van der Waals surface area (Å²) in [5, 5.41) is 1.56. The second-order valence-electron chi connectivity index (χ2n) is 8.38. The summed E-state index contributed by atoms with van der Waals surface area (Å²) in [4.78, 5) is 14.1. The molecule has 1 saturated heterocycles. The summed E-state index contributed by atoms with van der Waals surface area (Å²) in [6, 6.07) is 12.5. The third kappa shape index (κ3) is 3.65. The van der Waals surface area contributed by atoms with E-state index in [9.17, 15) is 22.0 Å². The van der Waals surface area contributed by atoms with Crippen molar-refractivity contribution >= 4 is 32.6 Å². The fraction of sp³-hybridized carbons (Fsp3) is 0.292. The van der Waals surface area contributed by atoms with Crippen LogP contribution in [0.15, 0.2) is 53.4 Å². The van der Waals surface area contributed by atoms with Gasteiger partial charge in [-0.05, 0) is 42.8 Å². The highest BCUT2D eigenvalue weighted by Gasteiger charge is 2.38. The summed E-state index contributed by atoms with van der Waals surface area (Å²) in [5.41, 5.74) is 1.65. The lowest BCUT2D eigenvalue weighted by atomic mass is 10.0. The number of hydrogen-bond donors (Lipinski definition) is 0. The maximum Gasteiger partial charge on any atom is 0.414 e. The molecular weight excluding hydrogens is 450 g/mol. The number of rotatable bonds is 3. The van der Waals surface area contributed by atoms with E-state index in [2.05, 4.69) is 0 Å². The normalized spacial score (nSPS) is 17.8. The number of amides is 1. The molecule has 3 aromatic carbocycles. The van der Waals surface area contributed by atoms with Crippen LogP contribution in [0.4, 0.5) is 19.3 Å². The van der Waals surface area contributed by atoms with Crippen LogP contribution in [0.5, 0.6) is 0 Å². The summed E-state index contributed by atoms with van der Waals surface area (Å²) in [7, 11) is -3.76. The molecule has 0 aromatic heterocycles. The van der Waals surface area contributed by atoms with Crippen LogP contribution in [0, 0.1) is 18.6 Å². The van der Waals surface area contributed by atoms with Gasteiger partial charge in [-0.1, -0.05) is 30.3 Å². The predicted molar refractivity (Wildman–Crippen MR) is 119 cm³/mol. The van der Waals surface area contributed by atoms with E-state index >= 15 is 0 Å². The van der Waals surface area contributed by atoms with Crippen molar-refractivity contribution in [1.82, 2.24) is 4.31 Å². The van der Waals surface area contributed by atoms with Gasteiger partial charge in [-0.15, -0.1) is 0 Å². The van der Waals surface area contributed by atoms with Crippen LogP contribution in [-0.4, -0.2) is 37.9 Å². The van der Waals surface area contributed by atoms with Gasteiger partial charge in [0.2, 0.25) is 10.0 Å². The van der Waals surface area contributed by atoms with Gasteiger partial charge in [-0.3, -0.25) is 4.90 Å². The minimum absolute atomic E-state index is 0.129. The van der Waals surface area contributed by atoms with Crippen molar-refractivity contribution in [3.05, 3.63) is 71.3 Å². The molecule has 172 valence electrons. The first kappa shape index (κ1) is 21.8. The van der Waals surface area contributed by atoms with E-state index in [0.29, 0.717) is 23.8 Å². The highest BCUT2D eigenvalue weighted by atomic mass is 32.2. The smallest absolute Gasteiger partial charge is 0.414 e. The molecule has 0 atom stereocenters. The number of sulfonamides is 1. The van der Waals surface area contributed by atoms with Crippen molar-refractivity contribution in [3.63, 3.8) is 0 Å². The predicted octanol–water partition coefficient (Wildman–Crippen LogP) is 4.74. The number of ether oxygens (including phenoxy) is 1. The molecule has 0 radical (unpaired) electrons. The highest BCUT2D eigenvalue weighted by molar-refractivity contribution is 7.89. The zero-order valence-corrected chi connectivity index (χ0v) is 18.7. The van der Waals surface area contributed by atoms with Gasteiger partial charge in [0.15, 0.2) is 11.6 Å². The summed E-state index contributed by atoms with van der Waals surface area (Å²) in [6.45, 7) is 2.19. The summed E-state index contributed by atoms with van der Waals surface area (Å²) >= 11 is 0. The lowest BCUT2D eigenvalue weighted by molar-refractivity contribution is 0.135. The zero-order valence-electron chi connectivity index (χ0n) is 17.9. The summed E-state index contributed by atoms with van der Waals surface area (Å²) < 4.78 is 61.1. The van der Waals surface area contributed by atoms with Gasteiger partial charge >= 0.3 is 6.09 Å². The van der Waals surface area contributed by atoms with Gasteiger partial charge in [0.05, 0.1) is 10.6 Å². The molecular formula is C24H22F2N2O4S. The number of halogens is 2. The zero-order chi connectivity index (χ0) is 23.3. The molecule has 5 rings (SSSR count). The molecule has 2 aliphatic heterocycles. The Labute approximate surface area is 190 Å². The number of nitrogens with zero attached hydrogens (tertiary/aromatic N) is 2. The van der Waals surface area contributed by atoms with Crippen LogP contribution in [-0.2, 0) is 21.4 Å². The largest absolute Gasteiger partial charge is 0.444 e. The highest BCUT2D eigenvalue weighted by Crippen LogP contribution is 2.35. The molecule has 0 N–H and O–H groups in total. The molecule has 9 heteroatoms. The van der Waals surface area contributed by atoms with Crippen LogP contribution in [0.1, 0.15) is 24.0 Å². The number of hydrogen-bond acceptors (Lipinski definition) is 4. The fourth-order valence-electron chi connectivity index (χ4n) is 4.70. The van der Waals surface area contributed by atoms with E-state index in [0.717, 1.165) is 23.1 Å². The minimum atomic E-state index is -3.76. The molecule has 0 aliphatic carbocycles. The Hall–Kier alpha value is -3.04. The van der Waals surface area contributed by atoms with Gasteiger partial charge < -0.3 is 4.74 Å². The molecule has 1 amide bonds. The summed E-state index contributed by atoms with van der Waals surface area (Å²) in [6.07, 6.45) is 0.0481. The van der Waals surface area contributed by atoms with Crippen molar-refractivity contribution in [2.24, 2.45) is 0 Å². The SMILES string of the molecule is Cc1ccc(S(=O)(=O)N2CCC(N3C(=O)OCc4cc(F)c(F)cc43)CC2)c2ccccc12. The van der Waals surface area contributed by atoms with E-state index in [1.165, 1.54) is 9.21 Å². The van der Waals surface area contributed by atoms with Crippen LogP contribution in [0.2, 0.25) is 0 Å². The standard InChI is InChI=1S/C24H22F2N2O4S/c1-15-6-7-23(19-5-3-2-4-18(15)19)33(30,31)27-10-8-17(9-11-27)28-22-13-21(26)20(25)12-16(22)14-32-24(28)29/h2-7,12-13,17H,8-11,14H2,1H3. The van der Waals surface area contributed by atoms with E-state index < -0.39 is 27.8 Å². The lowest BCUT2D eigenvalue weighted by Gasteiger charge is -2.39. The third-order valence-electron chi connectivity index (χ3n) is 6.44. The molecule has 0 bridgehead atoms. The first-order valence-corrected chi connectivity index (χ1v) is 12.1. The van der Waals surface area contributed by atoms with Gasteiger partial charge in [0.25, 0.3) is 0 Å². The molecule has 1 fully saturated rings. The van der Waals surface area contributed by atoms with Crippen LogP contribution < -0.4 is 4.90 Å². The molecule has 0 unspecified atom stereocenters. The van der Waals surface area contributed by atoms with Crippen LogP contribution in [0.25, 0.3) is 10.8 Å². The van der Waals surface area contributed by atoms with E-state index in [-0.39, 0.29) is 36.3 Å². The second kappa shape index (κ2) is 8.07. The number of piperidine rings is 1.